The molecule has 4 heteroatoms. The molecule has 0 radical (unpaired) electrons. The van der Waals surface area contributed by atoms with Gasteiger partial charge in [0.2, 0.25) is 0 Å². The highest BCUT2D eigenvalue weighted by Gasteiger charge is 2.48. The number of alkyl halides is 1. The molecule has 0 aromatic heterocycles. The van der Waals surface area contributed by atoms with Gasteiger partial charge in [0, 0.05) is 5.41 Å². The molecule has 0 amide bonds. The van der Waals surface area contributed by atoms with Crippen molar-refractivity contribution in [2.24, 2.45) is 0 Å². The molecule has 2 nitrogen and oxygen atoms in total. The number of carbonyl (C=O) groups is 1. The molecule has 1 saturated carbocycles. The maximum atomic E-state index is 13.6. The maximum absolute atomic E-state index is 13.6. The summed E-state index contributed by atoms with van der Waals surface area (Å²) in [6.07, 6.45) is -1.03. The Morgan fingerprint density at radius 1 is 1.44 bits per heavy atom. The number of carboxylic acids is 1. The van der Waals surface area contributed by atoms with Crippen molar-refractivity contribution in [2.75, 3.05) is 0 Å². The lowest BCUT2D eigenvalue weighted by molar-refractivity contribution is -0.140. The number of carboxylic acid groups (broad SMARTS) is 1. The topological polar surface area (TPSA) is 37.3 Å². The van der Waals surface area contributed by atoms with Crippen LogP contribution in [0.2, 0.25) is 0 Å². The summed E-state index contributed by atoms with van der Waals surface area (Å²) >= 11 is 0. The molecule has 0 spiro atoms. The van der Waals surface area contributed by atoms with Gasteiger partial charge in [-0.25, -0.2) is 8.78 Å². The molecule has 1 aromatic carbocycles. The first-order valence-corrected chi connectivity index (χ1v) is 5.14. The normalized spacial score (nSPS) is 28.5. The van der Waals surface area contributed by atoms with Crippen molar-refractivity contribution in [3.8, 4) is 0 Å². The zero-order valence-electron chi connectivity index (χ0n) is 8.62. The molecule has 1 aromatic rings. The van der Waals surface area contributed by atoms with E-state index in [0.717, 1.165) is 0 Å². The van der Waals surface area contributed by atoms with Gasteiger partial charge in [0.05, 0.1) is 6.42 Å². The molecule has 1 aliphatic carbocycles. The SMILES string of the molecule is O=C(O)CC1(c2ccccc2F)CC(F)C1. The van der Waals surface area contributed by atoms with Gasteiger partial charge in [-0.05, 0) is 24.5 Å². The fourth-order valence-corrected chi connectivity index (χ4v) is 2.43. The number of halogens is 2. The van der Waals surface area contributed by atoms with Crippen LogP contribution in [0.1, 0.15) is 24.8 Å². The van der Waals surface area contributed by atoms with Gasteiger partial charge < -0.3 is 5.11 Å². The zero-order chi connectivity index (χ0) is 11.8. The fourth-order valence-electron chi connectivity index (χ4n) is 2.43. The highest BCUT2D eigenvalue weighted by atomic mass is 19.1. The van der Waals surface area contributed by atoms with Crippen LogP contribution in [0.4, 0.5) is 8.78 Å². The first-order valence-electron chi connectivity index (χ1n) is 5.14. The lowest BCUT2D eigenvalue weighted by atomic mass is 9.61. The predicted molar refractivity (Wildman–Crippen MR) is 54.5 cm³/mol. The van der Waals surface area contributed by atoms with Gasteiger partial charge in [0.15, 0.2) is 0 Å². The molecule has 16 heavy (non-hydrogen) atoms. The summed E-state index contributed by atoms with van der Waals surface area (Å²) in [5.74, 6) is -1.47. The third-order valence-corrected chi connectivity index (χ3v) is 3.16. The summed E-state index contributed by atoms with van der Waals surface area (Å²) in [5.41, 5.74) is -0.525. The average molecular weight is 226 g/mol. The van der Waals surface area contributed by atoms with E-state index in [2.05, 4.69) is 0 Å². The minimum Gasteiger partial charge on any atom is -0.481 e. The summed E-state index contributed by atoms with van der Waals surface area (Å²) in [6.45, 7) is 0. The van der Waals surface area contributed by atoms with E-state index in [-0.39, 0.29) is 19.3 Å². The molecule has 0 heterocycles. The molecule has 0 atom stereocenters. The van der Waals surface area contributed by atoms with Crippen LogP contribution < -0.4 is 0 Å². The molecule has 0 aliphatic heterocycles. The molecule has 0 bridgehead atoms. The van der Waals surface area contributed by atoms with Crippen molar-refractivity contribution < 1.29 is 18.7 Å². The van der Waals surface area contributed by atoms with Gasteiger partial charge in [-0.15, -0.1) is 0 Å². The van der Waals surface area contributed by atoms with Crippen molar-refractivity contribution in [1.29, 1.82) is 0 Å². The van der Waals surface area contributed by atoms with Gasteiger partial charge >= 0.3 is 5.97 Å². The second kappa shape index (κ2) is 3.85. The Kier molecular flexibility index (Phi) is 2.66. The Morgan fingerprint density at radius 2 is 2.06 bits per heavy atom. The molecule has 2 rings (SSSR count). The van der Waals surface area contributed by atoms with E-state index < -0.39 is 23.4 Å². The molecule has 0 unspecified atom stereocenters. The molecule has 1 fully saturated rings. The van der Waals surface area contributed by atoms with Crippen LogP contribution in [0, 0.1) is 5.82 Å². The Labute approximate surface area is 91.9 Å². The van der Waals surface area contributed by atoms with Crippen molar-refractivity contribution in [2.45, 2.75) is 30.8 Å². The summed E-state index contributed by atoms with van der Waals surface area (Å²) in [4.78, 5) is 10.8. The van der Waals surface area contributed by atoms with Crippen molar-refractivity contribution in [3.05, 3.63) is 35.6 Å². The van der Waals surface area contributed by atoms with E-state index in [1.807, 2.05) is 0 Å². The Morgan fingerprint density at radius 3 is 2.56 bits per heavy atom. The van der Waals surface area contributed by atoms with Crippen molar-refractivity contribution in [1.82, 2.24) is 0 Å². The second-order valence-electron chi connectivity index (χ2n) is 4.34. The molecule has 86 valence electrons. The van der Waals surface area contributed by atoms with E-state index in [0.29, 0.717) is 5.56 Å². The lowest BCUT2D eigenvalue weighted by Gasteiger charge is -2.43. The van der Waals surface area contributed by atoms with Crippen LogP contribution in [-0.4, -0.2) is 17.2 Å². The predicted octanol–water partition coefficient (Wildman–Crippen LogP) is 2.67. The van der Waals surface area contributed by atoms with E-state index >= 15 is 0 Å². The zero-order valence-corrected chi connectivity index (χ0v) is 8.62. The van der Waals surface area contributed by atoms with E-state index in [9.17, 15) is 13.6 Å². The van der Waals surface area contributed by atoms with Gasteiger partial charge in [-0.2, -0.15) is 0 Å². The lowest BCUT2D eigenvalue weighted by Crippen LogP contribution is -2.44. The first kappa shape index (κ1) is 11.0. The van der Waals surface area contributed by atoms with Gasteiger partial charge in [0.1, 0.15) is 12.0 Å². The number of hydrogen-bond acceptors (Lipinski definition) is 1. The molecular formula is C12H12F2O2. The summed E-state index contributed by atoms with van der Waals surface area (Å²) in [6, 6.07) is 6.01. The van der Waals surface area contributed by atoms with Crippen LogP contribution in [0.25, 0.3) is 0 Å². The highest BCUT2D eigenvalue weighted by Crippen LogP contribution is 2.48. The maximum Gasteiger partial charge on any atom is 0.304 e. The van der Waals surface area contributed by atoms with Crippen molar-refractivity contribution >= 4 is 5.97 Å². The molecule has 0 saturated heterocycles. The minimum absolute atomic E-state index is 0.0975. The summed E-state index contributed by atoms with van der Waals surface area (Å²) < 4.78 is 26.5. The number of aliphatic carboxylic acids is 1. The largest absolute Gasteiger partial charge is 0.481 e. The Bertz CT molecular complexity index is 411. The second-order valence-corrected chi connectivity index (χ2v) is 4.34. The van der Waals surface area contributed by atoms with Crippen molar-refractivity contribution in [3.63, 3.8) is 0 Å². The average Bonchev–Trinajstić information content (AvgIpc) is 2.14. The fraction of sp³-hybridized carbons (Fsp3) is 0.417. The number of rotatable bonds is 3. The smallest absolute Gasteiger partial charge is 0.304 e. The van der Waals surface area contributed by atoms with Gasteiger partial charge in [0.25, 0.3) is 0 Å². The third-order valence-electron chi connectivity index (χ3n) is 3.16. The van der Waals surface area contributed by atoms with Crippen LogP contribution in [0.5, 0.6) is 0 Å². The summed E-state index contributed by atoms with van der Waals surface area (Å²) in [7, 11) is 0. The number of hydrogen-bond donors (Lipinski definition) is 1. The molecule has 1 N–H and O–H groups in total. The van der Waals surface area contributed by atoms with E-state index in [1.165, 1.54) is 6.07 Å². The molecule has 1 aliphatic rings. The van der Waals surface area contributed by atoms with E-state index in [1.54, 1.807) is 18.2 Å². The minimum atomic E-state index is -1.02. The van der Waals surface area contributed by atoms with Crippen LogP contribution in [0.3, 0.4) is 0 Å². The Balaban J connectivity index is 2.34. The van der Waals surface area contributed by atoms with Crippen LogP contribution in [0.15, 0.2) is 24.3 Å². The highest BCUT2D eigenvalue weighted by molar-refractivity contribution is 5.69. The monoisotopic (exact) mass is 226 g/mol. The standard InChI is InChI=1S/C12H12F2O2/c13-8-5-12(6-8,7-11(15)16)9-3-1-2-4-10(9)14/h1-4,8H,5-7H2,(H,15,16). The van der Waals surface area contributed by atoms with Crippen LogP contribution in [-0.2, 0) is 10.2 Å². The number of benzene rings is 1. The molecular weight excluding hydrogens is 214 g/mol. The Hall–Kier alpha value is -1.45. The first-order chi connectivity index (χ1) is 7.53. The van der Waals surface area contributed by atoms with Gasteiger partial charge in [-0.3, -0.25) is 4.79 Å². The van der Waals surface area contributed by atoms with E-state index in [4.69, 9.17) is 5.11 Å². The third kappa shape index (κ3) is 1.79. The van der Waals surface area contributed by atoms with Gasteiger partial charge in [-0.1, -0.05) is 18.2 Å². The van der Waals surface area contributed by atoms with Crippen LogP contribution >= 0.6 is 0 Å². The quantitative estimate of drug-likeness (QED) is 0.860. The summed E-state index contributed by atoms with van der Waals surface area (Å²) in [5, 5.41) is 8.81.